The third kappa shape index (κ3) is 2.99. The van der Waals surface area contributed by atoms with Crippen molar-refractivity contribution in [2.24, 2.45) is 7.05 Å². The van der Waals surface area contributed by atoms with Crippen LogP contribution in [0.3, 0.4) is 0 Å². The summed E-state index contributed by atoms with van der Waals surface area (Å²) in [6, 6.07) is 30.1. The molecule has 3 aliphatic heterocycles. The number of aryl methyl sites for hydroxylation is 3. The van der Waals surface area contributed by atoms with E-state index in [2.05, 4.69) is 134 Å². The van der Waals surface area contributed by atoms with Gasteiger partial charge in [-0.05, 0) is 38.5 Å². The van der Waals surface area contributed by atoms with Gasteiger partial charge in [-0.2, -0.15) is 0 Å². The maximum atomic E-state index is 2.78. The van der Waals surface area contributed by atoms with Gasteiger partial charge in [0.05, 0.1) is 19.7 Å². The van der Waals surface area contributed by atoms with E-state index >= 15 is 0 Å². The second-order valence-corrected chi connectivity index (χ2v) is 12.3. The quantitative estimate of drug-likeness (QED) is 0.221. The molecule has 0 amide bonds. The first-order chi connectivity index (χ1) is 17.5. The first kappa shape index (κ1) is 21.8. The fourth-order valence-corrected chi connectivity index (χ4v) is 9.61. The Morgan fingerprint density at radius 1 is 0.833 bits per heavy atom. The number of pyridine rings is 1. The molecule has 1 aromatic heterocycles. The Kier molecular flexibility index (Phi) is 4.88. The van der Waals surface area contributed by atoms with Crippen LogP contribution in [0, 0.1) is 20.8 Å². The molecule has 36 heavy (non-hydrogen) atoms. The summed E-state index contributed by atoms with van der Waals surface area (Å²) in [6.07, 6.45) is 7.08. The lowest BCUT2D eigenvalue weighted by Crippen LogP contribution is -2.63. The van der Waals surface area contributed by atoms with Crippen LogP contribution in [0.5, 0.6) is 0 Å². The van der Waals surface area contributed by atoms with E-state index in [4.69, 9.17) is 0 Å². The van der Waals surface area contributed by atoms with Crippen LogP contribution in [-0.4, -0.2) is 11.4 Å². The minimum absolute atomic E-state index is 0.150. The largest absolute Gasteiger partial charge is 0.345 e. The van der Waals surface area contributed by atoms with Gasteiger partial charge in [-0.15, -0.1) is 0 Å². The van der Waals surface area contributed by atoms with E-state index in [0.29, 0.717) is 0 Å². The molecular formula is C32H29BN2P+. The van der Waals surface area contributed by atoms with Gasteiger partial charge in [0.25, 0.3) is 0 Å². The van der Waals surface area contributed by atoms with Crippen molar-refractivity contribution in [3.63, 3.8) is 0 Å². The molecule has 0 spiro atoms. The van der Waals surface area contributed by atoms with E-state index in [0.717, 1.165) is 0 Å². The van der Waals surface area contributed by atoms with Gasteiger partial charge in [0.2, 0.25) is 5.69 Å². The number of allylic oxidation sites excluding steroid dienone is 2. The van der Waals surface area contributed by atoms with Gasteiger partial charge in [0.1, 0.15) is 12.6 Å². The molecule has 0 fully saturated rings. The fourth-order valence-electron chi connectivity index (χ4n) is 6.70. The highest BCUT2D eigenvalue weighted by Gasteiger charge is 2.48. The van der Waals surface area contributed by atoms with Crippen LogP contribution >= 0.6 is 8.07 Å². The van der Waals surface area contributed by atoms with E-state index in [1.807, 2.05) is 0 Å². The predicted molar refractivity (Wildman–Crippen MR) is 153 cm³/mol. The van der Waals surface area contributed by atoms with Gasteiger partial charge >= 0.3 is 6.71 Å². The molecule has 2 atom stereocenters. The van der Waals surface area contributed by atoms with Crippen LogP contribution in [0.25, 0.3) is 11.3 Å². The Morgan fingerprint density at radius 3 is 2.36 bits per heavy atom. The zero-order valence-corrected chi connectivity index (χ0v) is 22.1. The molecule has 4 heteroatoms. The van der Waals surface area contributed by atoms with E-state index in [-0.39, 0.29) is 12.8 Å². The highest BCUT2D eigenvalue weighted by Crippen LogP contribution is 2.57. The highest BCUT2D eigenvalue weighted by atomic mass is 31.1. The first-order valence-electron chi connectivity index (χ1n) is 12.8. The van der Waals surface area contributed by atoms with Crippen molar-refractivity contribution in [2.75, 3.05) is 0 Å². The van der Waals surface area contributed by atoms with Gasteiger partial charge in [-0.1, -0.05) is 101 Å². The molecule has 0 saturated carbocycles. The lowest BCUT2D eigenvalue weighted by Gasteiger charge is -2.38. The van der Waals surface area contributed by atoms with E-state index in [1.54, 1.807) is 0 Å². The van der Waals surface area contributed by atoms with Crippen LogP contribution in [0.1, 0.15) is 28.3 Å². The molecule has 2 unspecified atom stereocenters. The highest BCUT2D eigenvalue weighted by molar-refractivity contribution is 7.71. The fraction of sp³-hybridized carbons (Fsp3) is 0.156. The summed E-state index contributed by atoms with van der Waals surface area (Å²) in [5, 5.41) is 2.92. The van der Waals surface area contributed by atoms with Crippen molar-refractivity contribution in [1.82, 2.24) is 4.67 Å². The minimum atomic E-state index is -0.725. The van der Waals surface area contributed by atoms with Gasteiger partial charge in [-0.25, -0.2) is 4.57 Å². The normalized spacial score (nSPS) is 19.1. The Morgan fingerprint density at radius 2 is 1.56 bits per heavy atom. The molecule has 0 radical (unpaired) electrons. The number of nitrogens with zero attached hydrogens (tertiary/aromatic N) is 2. The molecule has 0 aliphatic carbocycles. The lowest BCUT2D eigenvalue weighted by molar-refractivity contribution is -0.642. The molecule has 2 bridgehead atoms. The van der Waals surface area contributed by atoms with Crippen molar-refractivity contribution in [3.8, 4) is 11.3 Å². The molecule has 0 saturated heterocycles. The second kappa shape index (κ2) is 8.05. The number of fused-ring (bicyclic) bond motifs is 8. The van der Waals surface area contributed by atoms with Crippen LogP contribution in [0.2, 0.25) is 0 Å². The predicted octanol–water partition coefficient (Wildman–Crippen LogP) is 4.42. The average molecular weight is 483 g/mol. The third-order valence-electron chi connectivity index (χ3n) is 8.08. The van der Waals surface area contributed by atoms with Crippen molar-refractivity contribution in [1.29, 1.82) is 0 Å². The van der Waals surface area contributed by atoms with Crippen LogP contribution in [0.4, 0.5) is 0 Å². The maximum absolute atomic E-state index is 2.78. The molecule has 0 N–H and O–H groups in total. The minimum Gasteiger partial charge on any atom is -0.343 e. The van der Waals surface area contributed by atoms with Crippen LogP contribution in [0.15, 0.2) is 103 Å². The third-order valence-corrected chi connectivity index (χ3v) is 10.7. The van der Waals surface area contributed by atoms with Gasteiger partial charge < -0.3 is 4.67 Å². The average Bonchev–Trinajstić information content (AvgIpc) is 3.21. The van der Waals surface area contributed by atoms with E-state index in [9.17, 15) is 0 Å². The smallest absolute Gasteiger partial charge is 0.343 e. The number of hydrogen-bond donors (Lipinski definition) is 0. The molecule has 4 aromatic rings. The molecular weight excluding hydrogens is 454 g/mol. The summed E-state index contributed by atoms with van der Waals surface area (Å²) in [7, 11) is 1.53. The zero-order valence-electron chi connectivity index (χ0n) is 21.2. The zero-order chi connectivity index (χ0) is 24.6. The summed E-state index contributed by atoms with van der Waals surface area (Å²) < 4.78 is 5.22. The van der Waals surface area contributed by atoms with Crippen LogP contribution < -0.4 is 26.2 Å². The van der Waals surface area contributed by atoms with Crippen molar-refractivity contribution < 1.29 is 4.57 Å². The SMILES string of the molecule is Cc1cc(C)c(B2C3=CC=CC4c5ccccc5P(c5ccccc5-c5cccc2[n+]5C)N34)c(C)c1. The van der Waals surface area contributed by atoms with Crippen molar-refractivity contribution in [2.45, 2.75) is 26.8 Å². The standard InChI is InChI=1S/C32H29BN2P/c1-21-19-22(2)32(23(3)20-21)33-30-17-9-13-26(34(30)4)24-11-5-7-15-28(24)36-29-16-8-6-12-25(29)27-14-10-18-31(33)35(27)36/h5-20,27H,1-4H3/q+1. The van der Waals surface area contributed by atoms with Crippen LogP contribution in [-0.2, 0) is 7.05 Å². The summed E-state index contributed by atoms with van der Waals surface area (Å²) in [4.78, 5) is 0. The molecule has 2 nitrogen and oxygen atoms in total. The number of hydrogen-bond acceptors (Lipinski definition) is 1. The molecule has 4 heterocycles. The second-order valence-electron chi connectivity index (χ2n) is 10.3. The Bertz CT molecular complexity index is 1600. The number of rotatable bonds is 1. The summed E-state index contributed by atoms with van der Waals surface area (Å²) in [5.41, 5.74) is 12.3. The number of benzene rings is 3. The van der Waals surface area contributed by atoms with Crippen molar-refractivity contribution in [3.05, 3.63) is 125 Å². The monoisotopic (exact) mass is 483 g/mol. The molecule has 174 valence electrons. The topological polar surface area (TPSA) is 7.12 Å². The Labute approximate surface area is 215 Å². The van der Waals surface area contributed by atoms with Gasteiger partial charge in [0, 0.05) is 22.3 Å². The lowest BCUT2D eigenvalue weighted by atomic mass is 9.38. The van der Waals surface area contributed by atoms with E-state index < -0.39 is 8.07 Å². The summed E-state index contributed by atoms with van der Waals surface area (Å²) in [5.74, 6) is 0. The molecule has 7 rings (SSSR count). The maximum Gasteiger partial charge on any atom is 0.345 e. The van der Waals surface area contributed by atoms with Gasteiger partial charge in [0.15, 0.2) is 0 Å². The Hall–Kier alpha value is -3.42. The van der Waals surface area contributed by atoms with Gasteiger partial charge in [-0.3, -0.25) is 0 Å². The molecule has 3 aliphatic rings. The summed E-state index contributed by atoms with van der Waals surface area (Å²) >= 11 is 0. The molecule has 3 aromatic carbocycles. The Balaban J connectivity index is 1.62. The summed E-state index contributed by atoms with van der Waals surface area (Å²) in [6.45, 7) is 6.94. The van der Waals surface area contributed by atoms with Crippen molar-refractivity contribution >= 4 is 36.5 Å². The first-order valence-corrected chi connectivity index (χ1v) is 14.1. The number of aromatic nitrogens is 1. The van der Waals surface area contributed by atoms with E-state index in [1.165, 1.54) is 60.8 Å².